The minimum atomic E-state index is -0.571. The number of nitrogens with zero attached hydrogens (tertiary/aromatic N) is 1. The first kappa shape index (κ1) is 22.0. The Labute approximate surface area is 180 Å². The van der Waals surface area contributed by atoms with E-state index in [1.807, 2.05) is 38.1 Å². The van der Waals surface area contributed by atoms with Crippen LogP contribution >= 0.6 is 0 Å². The van der Waals surface area contributed by atoms with Gasteiger partial charge >= 0.3 is 0 Å². The third-order valence-corrected chi connectivity index (χ3v) is 5.78. The molecular formula is C25H34N2O3. The van der Waals surface area contributed by atoms with Crippen molar-refractivity contribution in [3.63, 3.8) is 0 Å². The maximum Gasteiger partial charge on any atom is 0.261 e. The molecule has 1 N–H and O–H groups in total. The lowest BCUT2D eigenvalue weighted by Crippen LogP contribution is -2.39. The summed E-state index contributed by atoms with van der Waals surface area (Å²) in [7, 11) is 1.60. The highest BCUT2D eigenvalue weighted by molar-refractivity contribution is 5.81. The first-order valence-electron chi connectivity index (χ1n) is 11.0. The number of para-hydroxylation sites is 2. The van der Waals surface area contributed by atoms with Crippen molar-refractivity contribution in [1.82, 2.24) is 5.32 Å². The molecule has 162 valence electrons. The molecule has 1 amide bonds. The van der Waals surface area contributed by atoms with Gasteiger partial charge in [0.05, 0.1) is 13.2 Å². The molecule has 0 aliphatic carbocycles. The summed E-state index contributed by atoms with van der Waals surface area (Å²) in [6.07, 6.45) is 2.56. The molecule has 3 atom stereocenters. The third kappa shape index (κ3) is 5.47. The third-order valence-electron chi connectivity index (χ3n) is 5.78. The van der Waals surface area contributed by atoms with E-state index in [0.717, 1.165) is 24.6 Å². The smallest absolute Gasteiger partial charge is 0.261 e. The van der Waals surface area contributed by atoms with Crippen molar-refractivity contribution >= 4 is 11.6 Å². The molecule has 30 heavy (non-hydrogen) atoms. The normalized spacial score (nSPS) is 18.4. The van der Waals surface area contributed by atoms with Gasteiger partial charge in [-0.2, -0.15) is 0 Å². The number of nitrogens with one attached hydrogen (secondary N) is 1. The Hall–Kier alpha value is -2.69. The van der Waals surface area contributed by atoms with E-state index in [-0.39, 0.29) is 11.9 Å². The molecule has 0 radical (unpaired) electrons. The molecule has 1 aliphatic heterocycles. The molecule has 3 rings (SSSR count). The van der Waals surface area contributed by atoms with E-state index >= 15 is 0 Å². The predicted molar refractivity (Wildman–Crippen MR) is 121 cm³/mol. The van der Waals surface area contributed by atoms with Crippen LogP contribution in [0, 0.1) is 5.92 Å². The van der Waals surface area contributed by atoms with Gasteiger partial charge in [0.15, 0.2) is 17.6 Å². The summed E-state index contributed by atoms with van der Waals surface area (Å²) in [5, 5.41) is 3.09. The molecule has 1 fully saturated rings. The number of piperidine rings is 1. The topological polar surface area (TPSA) is 50.8 Å². The van der Waals surface area contributed by atoms with Crippen LogP contribution in [0.2, 0.25) is 0 Å². The van der Waals surface area contributed by atoms with Gasteiger partial charge in [-0.3, -0.25) is 4.79 Å². The maximum absolute atomic E-state index is 12.8. The van der Waals surface area contributed by atoms with Crippen molar-refractivity contribution in [2.24, 2.45) is 5.92 Å². The average molecular weight is 411 g/mol. The Balaban J connectivity index is 1.61. The molecule has 0 bridgehead atoms. The van der Waals surface area contributed by atoms with Crippen LogP contribution in [0.25, 0.3) is 0 Å². The van der Waals surface area contributed by atoms with Gasteiger partial charge in [-0.1, -0.05) is 38.1 Å². The van der Waals surface area contributed by atoms with Gasteiger partial charge in [-0.25, -0.2) is 0 Å². The second-order valence-electron chi connectivity index (χ2n) is 8.18. The van der Waals surface area contributed by atoms with E-state index in [9.17, 15) is 4.79 Å². The number of hydrogen-bond acceptors (Lipinski definition) is 4. The number of rotatable bonds is 8. The van der Waals surface area contributed by atoms with Crippen LogP contribution in [0.1, 0.15) is 51.6 Å². The average Bonchev–Trinajstić information content (AvgIpc) is 2.77. The van der Waals surface area contributed by atoms with E-state index in [1.165, 1.54) is 18.5 Å². The van der Waals surface area contributed by atoms with Gasteiger partial charge < -0.3 is 19.7 Å². The Morgan fingerprint density at radius 3 is 2.50 bits per heavy atom. The summed E-state index contributed by atoms with van der Waals surface area (Å²) in [5.41, 5.74) is 2.35. The Morgan fingerprint density at radius 2 is 1.87 bits per heavy atom. The first-order chi connectivity index (χ1) is 14.5. The molecule has 0 saturated carbocycles. The molecule has 0 spiro atoms. The second kappa shape index (κ2) is 10.4. The highest BCUT2D eigenvalue weighted by atomic mass is 16.5. The number of methoxy groups -OCH3 is 1. The molecule has 5 heteroatoms. The lowest BCUT2D eigenvalue weighted by molar-refractivity contribution is -0.128. The minimum Gasteiger partial charge on any atom is -0.493 e. The van der Waals surface area contributed by atoms with Crippen LogP contribution < -0.4 is 19.7 Å². The minimum absolute atomic E-state index is 0.0952. The molecule has 5 nitrogen and oxygen atoms in total. The second-order valence-corrected chi connectivity index (χ2v) is 8.18. The standard InChI is InChI=1S/C25H34N2O3/c1-5-22(30-24-11-7-6-10-23(24)29-4)25(28)26-19(3)20-12-14-21(15-13-20)27-16-8-9-18(2)17-27/h6-7,10-15,18-19,22H,5,8-9,16-17H2,1-4H3,(H,26,28)/t18-,19-,22-/m1/s1. The molecule has 1 saturated heterocycles. The maximum atomic E-state index is 12.8. The van der Waals surface area contributed by atoms with Crippen molar-refractivity contribution in [2.75, 3.05) is 25.1 Å². The predicted octanol–water partition coefficient (Wildman–Crippen LogP) is 4.97. The lowest BCUT2D eigenvalue weighted by atomic mass is 9.99. The van der Waals surface area contributed by atoms with Crippen LogP contribution in [0.4, 0.5) is 5.69 Å². The van der Waals surface area contributed by atoms with E-state index in [2.05, 4.69) is 41.4 Å². The number of anilines is 1. The van der Waals surface area contributed by atoms with Crippen LogP contribution in [0.3, 0.4) is 0 Å². The Bertz CT molecular complexity index is 821. The van der Waals surface area contributed by atoms with Gasteiger partial charge in [0.2, 0.25) is 0 Å². The van der Waals surface area contributed by atoms with E-state index in [0.29, 0.717) is 17.9 Å². The van der Waals surface area contributed by atoms with E-state index in [1.54, 1.807) is 7.11 Å². The number of ether oxygens (including phenoxy) is 2. The fourth-order valence-electron chi connectivity index (χ4n) is 3.98. The van der Waals surface area contributed by atoms with Crippen LogP contribution in [-0.2, 0) is 4.79 Å². The number of carbonyl (C=O) groups is 1. The van der Waals surface area contributed by atoms with Crippen LogP contribution in [-0.4, -0.2) is 32.2 Å². The molecule has 2 aromatic rings. The highest BCUT2D eigenvalue weighted by Crippen LogP contribution is 2.28. The van der Waals surface area contributed by atoms with Crippen molar-refractivity contribution in [3.8, 4) is 11.5 Å². The van der Waals surface area contributed by atoms with Gasteiger partial charge in [0.1, 0.15) is 0 Å². The zero-order valence-corrected chi connectivity index (χ0v) is 18.6. The summed E-state index contributed by atoms with van der Waals surface area (Å²) in [5.74, 6) is 1.82. The lowest BCUT2D eigenvalue weighted by Gasteiger charge is -2.33. The molecule has 0 aromatic heterocycles. The summed E-state index contributed by atoms with van der Waals surface area (Å²) in [4.78, 5) is 15.3. The molecular weight excluding hydrogens is 376 g/mol. The zero-order valence-electron chi connectivity index (χ0n) is 18.6. The highest BCUT2D eigenvalue weighted by Gasteiger charge is 2.22. The molecule has 0 unspecified atom stereocenters. The SMILES string of the molecule is CC[C@@H](Oc1ccccc1OC)C(=O)N[C@H](C)c1ccc(N2CCC[C@@H](C)C2)cc1. The Kier molecular flexibility index (Phi) is 7.61. The van der Waals surface area contributed by atoms with Crippen molar-refractivity contribution in [1.29, 1.82) is 0 Å². The van der Waals surface area contributed by atoms with Gasteiger partial charge in [0.25, 0.3) is 5.91 Å². The number of benzene rings is 2. The summed E-state index contributed by atoms with van der Waals surface area (Å²) >= 11 is 0. The zero-order chi connectivity index (χ0) is 21.5. The van der Waals surface area contributed by atoms with Gasteiger partial charge in [-0.05, 0) is 61.9 Å². The Morgan fingerprint density at radius 1 is 1.17 bits per heavy atom. The van der Waals surface area contributed by atoms with Gasteiger partial charge in [-0.15, -0.1) is 0 Å². The van der Waals surface area contributed by atoms with Crippen LogP contribution in [0.5, 0.6) is 11.5 Å². The number of carbonyl (C=O) groups excluding carboxylic acids is 1. The molecule has 2 aromatic carbocycles. The summed E-state index contributed by atoms with van der Waals surface area (Å²) in [6.45, 7) is 8.50. The van der Waals surface area contributed by atoms with Crippen molar-refractivity contribution < 1.29 is 14.3 Å². The first-order valence-corrected chi connectivity index (χ1v) is 11.0. The van der Waals surface area contributed by atoms with Gasteiger partial charge in [0, 0.05) is 18.8 Å². The fourth-order valence-corrected chi connectivity index (χ4v) is 3.98. The van der Waals surface area contributed by atoms with E-state index in [4.69, 9.17) is 9.47 Å². The number of amides is 1. The summed E-state index contributed by atoms with van der Waals surface area (Å²) in [6, 6.07) is 15.9. The largest absolute Gasteiger partial charge is 0.493 e. The van der Waals surface area contributed by atoms with E-state index < -0.39 is 6.10 Å². The molecule has 1 aliphatic rings. The monoisotopic (exact) mass is 410 g/mol. The van der Waals surface area contributed by atoms with Crippen LogP contribution in [0.15, 0.2) is 48.5 Å². The number of hydrogen-bond donors (Lipinski definition) is 1. The molecule has 1 heterocycles. The summed E-state index contributed by atoms with van der Waals surface area (Å²) < 4.78 is 11.3. The van der Waals surface area contributed by atoms with Crippen molar-refractivity contribution in [2.45, 2.75) is 52.2 Å². The van der Waals surface area contributed by atoms with Crippen molar-refractivity contribution in [3.05, 3.63) is 54.1 Å². The fraction of sp³-hybridized carbons (Fsp3) is 0.480. The quantitative estimate of drug-likeness (QED) is 0.668.